The highest BCUT2D eigenvalue weighted by Crippen LogP contribution is 2.38. The quantitative estimate of drug-likeness (QED) is 0.355. The molecule has 9 heteroatoms. The van der Waals surface area contributed by atoms with Crippen LogP contribution in [0.4, 0.5) is 16.3 Å². The van der Waals surface area contributed by atoms with Crippen molar-refractivity contribution < 1.29 is 10.0 Å². The summed E-state index contributed by atoms with van der Waals surface area (Å²) in [5, 5.41) is 23.8. The Morgan fingerprint density at radius 3 is 2.78 bits per heavy atom. The predicted molar refractivity (Wildman–Crippen MR) is 129 cm³/mol. The summed E-state index contributed by atoms with van der Waals surface area (Å²) in [4.78, 5) is 12.8. The van der Waals surface area contributed by atoms with Crippen LogP contribution >= 0.6 is 23.2 Å². The molecule has 7 nitrogen and oxygen atoms in total. The van der Waals surface area contributed by atoms with Gasteiger partial charge in [0.05, 0.1) is 32.8 Å². The van der Waals surface area contributed by atoms with Gasteiger partial charge in [0.25, 0.3) is 0 Å². The second-order valence-electron chi connectivity index (χ2n) is 9.03. The molecule has 1 aromatic heterocycles. The Morgan fingerprint density at radius 2 is 2.06 bits per heavy atom. The van der Waals surface area contributed by atoms with Crippen LogP contribution in [0.2, 0.25) is 10.0 Å². The van der Waals surface area contributed by atoms with Crippen molar-refractivity contribution in [3.8, 4) is 0 Å². The zero-order chi connectivity index (χ0) is 23.0. The number of hydrogen-bond donors (Lipinski definition) is 3. The van der Waals surface area contributed by atoms with Gasteiger partial charge in [-0.25, -0.2) is 9.48 Å². The number of aromatic nitrogens is 2. The Kier molecular flexibility index (Phi) is 6.05. The number of amides is 2. The Balaban J connectivity index is 1.65. The lowest BCUT2D eigenvalue weighted by Crippen LogP contribution is -2.22. The van der Waals surface area contributed by atoms with Crippen molar-refractivity contribution in [3.63, 3.8) is 0 Å². The molecule has 2 amide bonds. The number of hydrogen-bond acceptors (Lipinski definition) is 4. The van der Waals surface area contributed by atoms with Gasteiger partial charge in [0.2, 0.25) is 0 Å². The van der Waals surface area contributed by atoms with Gasteiger partial charge in [0.15, 0.2) is 0 Å². The number of carbonyl (C=O) groups excluding carboxylic acids is 1. The number of anilines is 2. The number of rotatable bonds is 3. The van der Waals surface area contributed by atoms with Gasteiger partial charge in [-0.1, -0.05) is 61.3 Å². The summed E-state index contributed by atoms with van der Waals surface area (Å²) in [6.07, 6.45) is 7.87. The van der Waals surface area contributed by atoms with Gasteiger partial charge < -0.3 is 10.5 Å². The summed E-state index contributed by atoms with van der Waals surface area (Å²) in [6, 6.07) is 6.43. The topological polar surface area (TPSA) is 91.5 Å². The van der Waals surface area contributed by atoms with Gasteiger partial charge in [-0.05, 0) is 43.0 Å². The van der Waals surface area contributed by atoms with Crippen molar-refractivity contribution in [1.29, 1.82) is 0 Å². The first-order valence-corrected chi connectivity index (χ1v) is 11.2. The third kappa shape index (κ3) is 4.40. The first kappa shape index (κ1) is 22.4. The van der Waals surface area contributed by atoms with Gasteiger partial charge in [-0.2, -0.15) is 5.10 Å². The minimum Gasteiger partial charge on any atom is -0.411 e. The molecule has 1 heterocycles. The van der Waals surface area contributed by atoms with Crippen LogP contribution in [0.25, 0.3) is 5.70 Å². The van der Waals surface area contributed by atoms with E-state index in [-0.39, 0.29) is 16.4 Å². The summed E-state index contributed by atoms with van der Waals surface area (Å²) in [5.74, 6) is 0.849. The molecule has 3 N–H and O–H groups in total. The highest BCUT2D eigenvalue weighted by Gasteiger charge is 2.33. The molecule has 1 aromatic carbocycles. The molecule has 168 valence electrons. The molecule has 0 bridgehead atoms. The molecule has 2 aromatic rings. The van der Waals surface area contributed by atoms with Crippen molar-refractivity contribution in [2.75, 3.05) is 10.6 Å². The number of allylic oxidation sites excluding steroid dienone is 4. The zero-order valence-corrected chi connectivity index (χ0v) is 19.6. The molecular formula is C23H25Cl2N5O2. The molecule has 0 radical (unpaired) electrons. The van der Waals surface area contributed by atoms with Crippen molar-refractivity contribution in [2.45, 2.75) is 39.0 Å². The first-order chi connectivity index (χ1) is 15.2. The molecule has 4 rings (SSSR count). The fourth-order valence-electron chi connectivity index (χ4n) is 3.97. The number of nitrogens with one attached hydrogen (secondary N) is 2. The minimum absolute atomic E-state index is 0.0224. The third-order valence-electron chi connectivity index (χ3n) is 5.74. The minimum atomic E-state index is -0.465. The summed E-state index contributed by atoms with van der Waals surface area (Å²) in [5.41, 5.74) is 2.59. The van der Waals surface area contributed by atoms with E-state index in [2.05, 4.69) is 42.6 Å². The normalized spacial score (nSPS) is 21.4. The number of oxime groups is 1. The average molecular weight is 474 g/mol. The van der Waals surface area contributed by atoms with E-state index in [9.17, 15) is 10.0 Å². The van der Waals surface area contributed by atoms with Gasteiger partial charge >= 0.3 is 6.03 Å². The number of benzene rings is 1. The highest BCUT2D eigenvalue weighted by molar-refractivity contribution is 6.44. The summed E-state index contributed by atoms with van der Waals surface area (Å²) in [7, 11) is 0. The maximum absolute atomic E-state index is 12.8. The van der Waals surface area contributed by atoms with E-state index in [1.807, 2.05) is 18.2 Å². The van der Waals surface area contributed by atoms with Crippen LogP contribution in [-0.4, -0.2) is 26.7 Å². The molecule has 32 heavy (non-hydrogen) atoms. The van der Waals surface area contributed by atoms with E-state index in [1.54, 1.807) is 22.9 Å². The summed E-state index contributed by atoms with van der Waals surface area (Å²) < 4.78 is 1.71. The zero-order valence-electron chi connectivity index (χ0n) is 18.1. The molecule has 2 atom stereocenters. The maximum atomic E-state index is 12.8. The Hall–Kier alpha value is -2.77. The van der Waals surface area contributed by atoms with Crippen LogP contribution in [0.3, 0.4) is 0 Å². The molecule has 1 fully saturated rings. The van der Waals surface area contributed by atoms with E-state index >= 15 is 0 Å². The van der Waals surface area contributed by atoms with Crippen LogP contribution in [0, 0.1) is 11.8 Å². The lowest BCUT2D eigenvalue weighted by molar-refractivity contribution is 0.262. The maximum Gasteiger partial charge on any atom is 0.324 e. The Morgan fingerprint density at radius 1 is 1.28 bits per heavy atom. The van der Waals surface area contributed by atoms with Crippen molar-refractivity contribution in [1.82, 2.24) is 9.78 Å². The number of nitrogens with zero attached hydrogens (tertiary/aromatic N) is 3. The van der Waals surface area contributed by atoms with Crippen LogP contribution in [0.5, 0.6) is 0 Å². The third-order valence-corrected chi connectivity index (χ3v) is 6.56. The molecular weight excluding hydrogens is 449 g/mol. The fraction of sp³-hybridized carbons (Fsp3) is 0.348. The molecule has 2 unspecified atom stereocenters. The van der Waals surface area contributed by atoms with E-state index in [4.69, 9.17) is 28.3 Å². The molecule has 1 saturated carbocycles. The number of urea groups is 1. The van der Waals surface area contributed by atoms with Crippen LogP contribution in [0.1, 0.15) is 39.3 Å². The Labute approximate surface area is 196 Å². The van der Waals surface area contributed by atoms with Crippen LogP contribution in [-0.2, 0) is 5.41 Å². The van der Waals surface area contributed by atoms with Crippen molar-refractivity contribution >= 4 is 52.1 Å². The second kappa shape index (κ2) is 8.64. The van der Waals surface area contributed by atoms with Crippen LogP contribution < -0.4 is 10.6 Å². The van der Waals surface area contributed by atoms with E-state index in [0.717, 1.165) is 29.9 Å². The standard InChI is InChI=1S/C23H25Cl2N5O2/c1-23(2,3)19-12-20(27-22(31)26-18-6-4-5-16(24)21(18)25)30(28-19)14-9-7-13-8-10-17(29-32)15(13)11-14/h4-7,9,11-13,15,32H,8,10H2,1-3H3,(H2,26,27,31)/b29-17-. The van der Waals surface area contributed by atoms with Gasteiger partial charge in [-0.3, -0.25) is 5.32 Å². The molecule has 2 aliphatic rings. The monoisotopic (exact) mass is 473 g/mol. The lowest BCUT2D eigenvalue weighted by atomic mass is 9.90. The Bertz CT molecular complexity index is 1140. The molecule has 0 saturated heterocycles. The first-order valence-electron chi connectivity index (χ1n) is 10.4. The summed E-state index contributed by atoms with van der Waals surface area (Å²) in [6.45, 7) is 6.18. The van der Waals surface area contributed by atoms with Crippen molar-refractivity contribution in [3.05, 3.63) is 58.2 Å². The van der Waals surface area contributed by atoms with Gasteiger partial charge in [0, 0.05) is 17.4 Å². The summed E-state index contributed by atoms with van der Waals surface area (Å²) >= 11 is 12.2. The van der Waals surface area contributed by atoms with Crippen LogP contribution in [0.15, 0.2) is 47.6 Å². The van der Waals surface area contributed by atoms with E-state index in [1.165, 1.54) is 0 Å². The molecule has 0 aliphatic heterocycles. The van der Waals surface area contributed by atoms with E-state index in [0.29, 0.717) is 22.4 Å². The molecule has 2 aliphatic carbocycles. The van der Waals surface area contributed by atoms with Gasteiger partial charge in [-0.15, -0.1) is 0 Å². The molecule has 0 spiro atoms. The average Bonchev–Trinajstić information content (AvgIpc) is 3.34. The lowest BCUT2D eigenvalue weighted by Gasteiger charge is -2.20. The van der Waals surface area contributed by atoms with E-state index < -0.39 is 6.03 Å². The van der Waals surface area contributed by atoms with Gasteiger partial charge in [0.1, 0.15) is 5.82 Å². The second-order valence-corrected chi connectivity index (χ2v) is 9.81. The highest BCUT2D eigenvalue weighted by atomic mass is 35.5. The van der Waals surface area contributed by atoms with Crippen molar-refractivity contribution in [2.24, 2.45) is 17.0 Å². The predicted octanol–water partition coefficient (Wildman–Crippen LogP) is 6.40. The number of carbonyl (C=O) groups is 1. The number of halogens is 2. The SMILES string of the molecule is CC(C)(C)c1cc(NC(=O)Nc2cccc(Cl)c2Cl)n(C2=CC3/C(=N\O)CCC3C=C2)n1. The largest absolute Gasteiger partial charge is 0.411 e. The smallest absolute Gasteiger partial charge is 0.324 e. The number of fused-ring (bicyclic) bond motifs is 1. The fourth-order valence-corrected chi connectivity index (χ4v) is 4.31.